The standard InChI is InChI=1S/C59H44N4/c1-59(2)52-25-12-9-22-46(52)47-31-28-39(34-53(47)59)38-60-58(61-63-56-27-14-11-24-49(56)51-37-43(30-33-57(51)63)41-18-7-4-8-19-41)44-20-15-21-45(35-44)62-54-26-13-10-23-48(54)50-36-42(29-32-55(50)62)40-16-5-3-6-17-40/h3-37H,38H2,1-2H3,(H,60,61). The maximum absolute atomic E-state index is 5.51. The van der Waals surface area contributed by atoms with Crippen molar-refractivity contribution in [2.24, 2.45) is 4.99 Å². The predicted octanol–water partition coefficient (Wildman–Crippen LogP) is 14.7. The summed E-state index contributed by atoms with van der Waals surface area (Å²) in [7, 11) is 0. The van der Waals surface area contributed by atoms with Crippen LogP contribution < -0.4 is 5.43 Å². The van der Waals surface area contributed by atoms with E-state index in [0.717, 1.165) is 33.6 Å². The van der Waals surface area contributed by atoms with Crippen LogP contribution in [0.3, 0.4) is 0 Å². The molecule has 0 fully saturated rings. The first-order chi connectivity index (χ1) is 31.0. The van der Waals surface area contributed by atoms with Crippen LogP contribution >= 0.6 is 0 Å². The van der Waals surface area contributed by atoms with Gasteiger partial charge in [0, 0.05) is 38.2 Å². The molecule has 4 nitrogen and oxygen atoms in total. The van der Waals surface area contributed by atoms with Gasteiger partial charge in [-0.2, -0.15) is 0 Å². The molecule has 12 rings (SSSR count). The second-order valence-electron chi connectivity index (χ2n) is 17.3. The van der Waals surface area contributed by atoms with Gasteiger partial charge in [-0.25, -0.2) is 0 Å². The number of rotatable bonds is 7. The fourth-order valence-corrected chi connectivity index (χ4v) is 10.1. The summed E-state index contributed by atoms with van der Waals surface area (Å²) in [6.07, 6.45) is 0. The van der Waals surface area contributed by atoms with Crippen LogP contribution in [-0.4, -0.2) is 15.1 Å². The molecule has 0 amide bonds. The van der Waals surface area contributed by atoms with Crippen LogP contribution in [0, 0.1) is 0 Å². The average Bonchev–Trinajstić information content (AvgIpc) is 3.92. The molecule has 1 N–H and O–H groups in total. The first kappa shape index (κ1) is 36.9. The molecule has 63 heavy (non-hydrogen) atoms. The van der Waals surface area contributed by atoms with Crippen molar-refractivity contribution in [2.75, 3.05) is 5.43 Å². The third-order valence-corrected chi connectivity index (χ3v) is 13.2. The molecule has 2 aromatic heterocycles. The molecule has 0 aliphatic heterocycles. The minimum atomic E-state index is -0.0905. The maximum Gasteiger partial charge on any atom is 0.147 e. The van der Waals surface area contributed by atoms with Gasteiger partial charge in [0.1, 0.15) is 5.84 Å². The van der Waals surface area contributed by atoms with Crippen molar-refractivity contribution in [1.82, 2.24) is 9.24 Å². The highest BCUT2D eigenvalue weighted by molar-refractivity contribution is 6.13. The zero-order chi connectivity index (χ0) is 42.1. The molecular formula is C59H44N4. The van der Waals surface area contributed by atoms with Crippen LogP contribution in [0.1, 0.15) is 36.1 Å². The number of hydrogen-bond donors (Lipinski definition) is 1. The van der Waals surface area contributed by atoms with E-state index in [-0.39, 0.29) is 5.41 Å². The van der Waals surface area contributed by atoms with Crippen molar-refractivity contribution in [1.29, 1.82) is 0 Å². The summed E-state index contributed by atoms with van der Waals surface area (Å²) in [5.41, 5.74) is 21.8. The Hall–Kier alpha value is -7.95. The van der Waals surface area contributed by atoms with Gasteiger partial charge in [0.2, 0.25) is 0 Å². The lowest BCUT2D eigenvalue weighted by molar-refractivity contribution is 0.659. The minimum Gasteiger partial charge on any atom is -0.309 e. The quantitative estimate of drug-likeness (QED) is 0.126. The third-order valence-electron chi connectivity index (χ3n) is 13.2. The van der Waals surface area contributed by atoms with E-state index < -0.39 is 0 Å². The molecule has 0 spiro atoms. The Labute approximate surface area is 367 Å². The molecule has 0 unspecified atom stereocenters. The Morgan fingerprint density at radius 2 is 1.02 bits per heavy atom. The maximum atomic E-state index is 5.51. The van der Waals surface area contributed by atoms with Crippen LogP contribution in [-0.2, 0) is 12.0 Å². The summed E-state index contributed by atoms with van der Waals surface area (Å²) >= 11 is 0. The van der Waals surface area contributed by atoms with E-state index in [0.29, 0.717) is 6.54 Å². The number of benzene rings is 9. The molecule has 0 atom stereocenters. The molecule has 0 saturated carbocycles. The molecule has 2 heterocycles. The summed E-state index contributed by atoms with van der Waals surface area (Å²) in [5, 5.41) is 4.83. The van der Waals surface area contributed by atoms with Crippen molar-refractivity contribution < 1.29 is 0 Å². The fraction of sp³-hybridized carbons (Fsp3) is 0.0678. The number of nitrogens with one attached hydrogen (secondary N) is 1. The molecular weight excluding hydrogens is 765 g/mol. The van der Waals surface area contributed by atoms with Crippen LogP contribution in [0.5, 0.6) is 0 Å². The second-order valence-corrected chi connectivity index (χ2v) is 17.3. The number of hydrogen-bond acceptors (Lipinski definition) is 1. The third kappa shape index (κ3) is 6.09. The lowest BCUT2D eigenvalue weighted by atomic mass is 9.82. The van der Waals surface area contributed by atoms with E-state index in [1.165, 1.54) is 77.1 Å². The number of aromatic nitrogens is 2. The van der Waals surface area contributed by atoms with Crippen molar-refractivity contribution >= 4 is 49.4 Å². The van der Waals surface area contributed by atoms with E-state index in [1.807, 2.05) is 0 Å². The van der Waals surface area contributed by atoms with Crippen LogP contribution in [0.4, 0.5) is 0 Å². The van der Waals surface area contributed by atoms with Crippen molar-refractivity contribution in [3.63, 3.8) is 0 Å². The van der Waals surface area contributed by atoms with E-state index in [1.54, 1.807) is 0 Å². The number of nitrogens with zero attached hydrogens (tertiary/aromatic N) is 3. The van der Waals surface area contributed by atoms with Gasteiger partial charge in [0.05, 0.1) is 28.6 Å². The van der Waals surface area contributed by atoms with Crippen LogP contribution in [0.15, 0.2) is 217 Å². The Balaban J connectivity index is 1.01. The summed E-state index contributed by atoms with van der Waals surface area (Å²) < 4.78 is 4.62. The first-order valence-electron chi connectivity index (χ1n) is 21.8. The SMILES string of the molecule is CC1(C)c2ccccc2-c2ccc(CN=C(Nn3c4ccccc4c4cc(-c5ccccc5)ccc43)c3cccc(-n4c5ccccc5c5cc(-c6ccccc6)ccc54)c3)cc21. The number of amidine groups is 1. The first-order valence-corrected chi connectivity index (χ1v) is 21.8. The molecule has 4 heteroatoms. The normalized spacial score (nSPS) is 13.2. The zero-order valence-corrected chi connectivity index (χ0v) is 35.3. The van der Waals surface area contributed by atoms with E-state index in [4.69, 9.17) is 4.99 Å². The van der Waals surface area contributed by atoms with Gasteiger partial charge in [-0.05, 0) is 98.6 Å². The summed E-state index contributed by atoms with van der Waals surface area (Å²) in [4.78, 5) is 5.51. The molecule has 9 aromatic carbocycles. The number of fused-ring (bicyclic) bond motifs is 9. The van der Waals surface area contributed by atoms with Crippen molar-refractivity contribution in [3.05, 3.63) is 235 Å². The second kappa shape index (κ2) is 14.6. The smallest absolute Gasteiger partial charge is 0.147 e. The lowest BCUT2D eigenvalue weighted by Crippen LogP contribution is -2.24. The summed E-state index contributed by atoms with van der Waals surface area (Å²) in [5.74, 6) is 0.793. The Morgan fingerprint density at radius 3 is 1.76 bits per heavy atom. The molecule has 0 radical (unpaired) electrons. The van der Waals surface area contributed by atoms with Gasteiger partial charge < -0.3 is 4.57 Å². The Kier molecular flexibility index (Phi) is 8.55. The molecule has 1 aliphatic rings. The minimum absolute atomic E-state index is 0.0905. The van der Waals surface area contributed by atoms with Crippen molar-refractivity contribution in [2.45, 2.75) is 25.8 Å². The monoisotopic (exact) mass is 808 g/mol. The fourth-order valence-electron chi connectivity index (χ4n) is 10.1. The molecule has 0 saturated heterocycles. The highest BCUT2D eigenvalue weighted by atomic mass is 15.4. The molecule has 11 aromatic rings. The zero-order valence-electron chi connectivity index (χ0n) is 35.3. The van der Waals surface area contributed by atoms with Gasteiger partial charge in [-0.15, -0.1) is 0 Å². The van der Waals surface area contributed by atoms with Gasteiger partial charge in [-0.1, -0.05) is 178 Å². The highest BCUT2D eigenvalue weighted by Gasteiger charge is 2.35. The molecule has 0 bridgehead atoms. The van der Waals surface area contributed by atoms with Crippen molar-refractivity contribution in [3.8, 4) is 39.1 Å². The highest BCUT2D eigenvalue weighted by Crippen LogP contribution is 2.48. The van der Waals surface area contributed by atoms with Crippen LogP contribution in [0.25, 0.3) is 82.7 Å². The van der Waals surface area contributed by atoms with E-state index in [2.05, 4.69) is 241 Å². The number of aliphatic imine (C=N–C) groups is 1. The topological polar surface area (TPSA) is 34.2 Å². The average molecular weight is 809 g/mol. The van der Waals surface area contributed by atoms with E-state index in [9.17, 15) is 0 Å². The number of para-hydroxylation sites is 2. The summed E-state index contributed by atoms with van der Waals surface area (Å²) in [6, 6.07) is 76.9. The largest absolute Gasteiger partial charge is 0.309 e. The Morgan fingerprint density at radius 1 is 0.444 bits per heavy atom. The van der Waals surface area contributed by atoms with Gasteiger partial charge in [0.15, 0.2) is 0 Å². The lowest BCUT2D eigenvalue weighted by Gasteiger charge is -2.21. The van der Waals surface area contributed by atoms with Gasteiger partial charge in [0.25, 0.3) is 0 Å². The van der Waals surface area contributed by atoms with Gasteiger partial charge in [-0.3, -0.25) is 15.1 Å². The molecule has 300 valence electrons. The summed E-state index contributed by atoms with van der Waals surface area (Å²) in [6.45, 7) is 5.19. The van der Waals surface area contributed by atoms with Crippen LogP contribution in [0.2, 0.25) is 0 Å². The van der Waals surface area contributed by atoms with E-state index >= 15 is 0 Å². The predicted molar refractivity (Wildman–Crippen MR) is 265 cm³/mol. The Bertz CT molecular complexity index is 3590. The van der Waals surface area contributed by atoms with Gasteiger partial charge >= 0.3 is 0 Å². The molecule has 1 aliphatic carbocycles.